The highest BCUT2D eigenvalue weighted by Crippen LogP contribution is 2.18. The van der Waals surface area contributed by atoms with Crippen LogP contribution in [0.4, 0.5) is 13.2 Å². The first-order valence-electron chi connectivity index (χ1n) is 7.29. The molecule has 0 radical (unpaired) electrons. The predicted molar refractivity (Wildman–Crippen MR) is 88.5 cm³/mol. The molecule has 0 bridgehead atoms. The Labute approximate surface area is 142 Å². The molecule has 0 aliphatic rings. The van der Waals surface area contributed by atoms with Gasteiger partial charge in [-0.05, 0) is 18.2 Å². The van der Waals surface area contributed by atoms with Gasteiger partial charge in [-0.2, -0.15) is 13.2 Å². The van der Waals surface area contributed by atoms with Gasteiger partial charge in [-0.15, -0.1) is 0 Å². The Morgan fingerprint density at radius 3 is 2.72 bits per heavy atom. The van der Waals surface area contributed by atoms with Crippen LogP contribution >= 0.6 is 0 Å². The van der Waals surface area contributed by atoms with E-state index in [0.717, 1.165) is 0 Å². The van der Waals surface area contributed by atoms with Crippen molar-refractivity contribution in [2.24, 2.45) is 9.98 Å². The summed E-state index contributed by atoms with van der Waals surface area (Å²) in [6.45, 7) is 3.35. The minimum Gasteiger partial charge on any atom is -0.364 e. The Morgan fingerprint density at radius 2 is 2.12 bits per heavy atom. The Morgan fingerprint density at radius 1 is 1.32 bits per heavy atom. The van der Waals surface area contributed by atoms with E-state index < -0.39 is 12.6 Å². The lowest BCUT2D eigenvalue weighted by atomic mass is 10.2. The normalized spacial score (nSPS) is 13.0. The van der Waals surface area contributed by atoms with Crippen molar-refractivity contribution in [2.45, 2.75) is 12.6 Å². The zero-order chi connectivity index (χ0) is 18.3. The molecule has 2 aromatic rings. The molecule has 0 aromatic carbocycles. The van der Waals surface area contributed by atoms with Gasteiger partial charge in [0.15, 0.2) is 0 Å². The third-order valence-corrected chi connectivity index (χ3v) is 3.03. The fourth-order valence-electron chi connectivity index (χ4n) is 1.87. The van der Waals surface area contributed by atoms with E-state index in [0.29, 0.717) is 22.8 Å². The quantitative estimate of drug-likeness (QED) is 0.663. The van der Waals surface area contributed by atoms with E-state index in [1.165, 1.54) is 19.4 Å². The Kier molecular flexibility index (Phi) is 6.04. The second-order valence-electron chi connectivity index (χ2n) is 4.83. The zero-order valence-electron chi connectivity index (χ0n) is 13.4. The molecule has 0 amide bonds. The van der Waals surface area contributed by atoms with Crippen LogP contribution in [0.1, 0.15) is 12.1 Å². The zero-order valence-corrected chi connectivity index (χ0v) is 13.4. The predicted octanol–water partition coefficient (Wildman–Crippen LogP) is 3.24. The average Bonchev–Trinajstić information content (AvgIpc) is 3.11. The summed E-state index contributed by atoms with van der Waals surface area (Å²) in [7, 11) is 1.43. The van der Waals surface area contributed by atoms with Crippen LogP contribution in [-0.2, 0) is 0 Å². The maximum atomic E-state index is 12.2. The van der Waals surface area contributed by atoms with Crippen LogP contribution in [0.3, 0.4) is 0 Å². The van der Waals surface area contributed by atoms with Crippen molar-refractivity contribution in [1.29, 1.82) is 0 Å². The highest BCUT2D eigenvalue weighted by Gasteiger charge is 2.26. The van der Waals surface area contributed by atoms with Crippen LogP contribution in [0.5, 0.6) is 0 Å². The first kappa shape index (κ1) is 18.4. The van der Waals surface area contributed by atoms with Crippen molar-refractivity contribution in [1.82, 2.24) is 15.5 Å². The number of nitrogens with one attached hydrogen (secondary N) is 1. The summed E-state index contributed by atoms with van der Waals surface area (Å²) in [5.74, 6) is 0.0628. The van der Waals surface area contributed by atoms with Crippen LogP contribution < -0.4 is 5.32 Å². The van der Waals surface area contributed by atoms with Crippen molar-refractivity contribution in [3.05, 3.63) is 48.9 Å². The number of hydrogen-bond acceptors (Lipinski definition) is 4. The number of guanidine groups is 1. The minimum atomic E-state index is -4.25. The third-order valence-electron chi connectivity index (χ3n) is 3.03. The van der Waals surface area contributed by atoms with Gasteiger partial charge in [0, 0.05) is 19.7 Å². The summed E-state index contributed by atoms with van der Waals surface area (Å²) < 4.78 is 41.5. The summed E-state index contributed by atoms with van der Waals surface area (Å²) >= 11 is 0. The molecule has 0 aliphatic carbocycles. The molecule has 0 unspecified atom stereocenters. The number of alkyl halides is 3. The number of halogens is 3. The standard InChI is InChI=1S/C16H16F3N5O/c1-3-11(23-15(20-2)21-9-8-16(17,18)19)12-5-4-6-13(22-12)14-7-10-25-24-14/h3-7,10H,1,8-9H2,2H3,(H,20,21)/b23-11+. The van der Waals surface area contributed by atoms with Crippen molar-refractivity contribution in [2.75, 3.05) is 13.6 Å². The second kappa shape index (κ2) is 8.22. The van der Waals surface area contributed by atoms with Crippen LogP contribution in [0.15, 0.2) is 57.7 Å². The van der Waals surface area contributed by atoms with E-state index in [1.807, 2.05) is 0 Å². The van der Waals surface area contributed by atoms with E-state index >= 15 is 0 Å². The number of aliphatic imine (C=N–C) groups is 2. The molecule has 0 saturated carbocycles. The fourth-order valence-corrected chi connectivity index (χ4v) is 1.87. The largest absolute Gasteiger partial charge is 0.390 e. The van der Waals surface area contributed by atoms with E-state index in [9.17, 15) is 13.2 Å². The van der Waals surface area contributed by atoms with Gasteiger partial charge in [-0.3, -0.25) is 4.99 Å². The lowest BCUT2D eigenvalue weighted by Crippen LogP contribution is -2.27. The van der Waals surface area contributed by atoms with Gasteiger partial charge < -0.3 is 9.84 Å². The van der Waals surface area contributed by atoms with Gasteiger partial charge >= 0.3 is 6.18 Å². The van der Waals surface area contributed by atoms with Crippen LogP contribution in [-0.4, -0.2) is 41.6 Å². The van der Waals surface area contributed by atoms with Gasteiger partial charge in [0.25, 0.3) is 0 Å². The topological polar surface area (TPSA) is 75.7 Å². The lowest BCUT2D eigenvalue weighted by Gasteiger charge is -2.09. The summed E-state index contributed by atoms with van der Waals surface area (Å²) in [6, 6.07) is 6.87. The van der Waals surface area contributed by atoms with Gasteiger partial charge in [0.1, 0.15) is 12.0 Å². The van der Waals surface area contributed by atoms with E-state index in [2.05, 4.69) is 32.0 Å². The number of rotatable bonds is 5. The number of aromatic nitrogens is 2. The molecule has 0 atom stereocenters. The molecule has 9 heteroatoms. The highest BCUT2D eigenvalue weighted by atomic mass is 19.4. The molecule has 132 valence electrons. The third kappa shape index (κ3) is 5.55. The highest BCUT2D eigenvalue weighted by molar-refractivity contribution is 6.12. The molecule has 0 spiro atoms. The number of pyridine rings is 1. The molecule has 2 rings (SSSR count). The smallest absolute Gasteiger partial charge is 0.364 e. The van der Waals surface area contributed by atoms with Crippen LogP contribution in [0.25, 0.3) is 11.4 Å². The second-order valence-corrected chi connectivity index (χ2v) is 4.83. The Hall–Kier alpha value is -2.97. The van der Waals surface area contributed by atoms with Crippen molar-refractivity contribution < 1.29 is 17.7 Å². The van der Waals surface area contributed by atoms with Crippen molar-refractivity contribution >= 4 is 11.7 Å². The maximum absolute atomic E-state index is 12.2. The van der Waals surface area contributed by atoms with Crippen LogP contribution in [0, 0.1) is 0 Å². The number of nitrogens with zero attached hydrogens (tertiary/aromatic N) is 4. The summed E-state index contributed by atoms with van der Waals surface area (Å²) in [5.41, 5.74) is 1.97. The molecule has 1 N–H and O–H groups in total. The number of hydrogen-bond donors (Lipinski definition) is 1. The van der Waals surface area contributed by atoms with Crippen LogP contribution in [0.2, 0.25) is 0 Å². The fraction of sp³-hybridized carbons (Fsp3) is 0.250. The van der Waals surface area contributed by atoms with Gasteiger partial charge in [0.2, 0.25) is 5.96 Å². The van der Waals surface area contributed by atoms with E-state index in [1.54, 1.807) is 24.3 Å². The lowest BCUT2D eigenvalue weighted by molar-refractivity contribution is -0.132. The monoisotopic (exact) mass is 351 g/mol. The van der Waals surface area contributed by atoms with Gasteiger partial charge in [0.05, 0.1) is 23.5 Å². The molecule has 6 nitrogen and oxygen atoms in total. The van der Waals surface area contributed by atoms with E-state index in [4.69, 9.17) is 4.52 Å². The molecule has 0 aliphatic heterocycles. The molecular formula is C16H16F3N5O. The van der Waals surface area contributed by atoms with E-state index in [-0.39, 0.29) is 12.5 Å². The Bertz CT molecular complexity index is 766. The maximum Gasteiger partial charge on any atom is 0.390 e. The molecular weight excluding hydrogens is 335 g/mol. The van der Waals surface area contributed by atoms with Crippen molar-refractivity contribution in [3.8, 4) is 11.4 Å². The summed E-state index contributed by atoms with van der Waals surface area (Å²) in [6.07, 6.45) is -2.35. The summed E-state index contributed by atoms with van der Waals surface area (Å²) in [4.78, 5) is 12.4. The molecule has 2 heterocycles. The summed E-state index contributed by atoms with van der Waals surface area (Å²) in [5, 5.41) is 6.35. The minimum absolute atomic E-state index is 0.0628. The Balaban J connectivity index is 2.18. The molecule has 25 heavy (non-hydrogen) atoms. The SMILES string of the molecule is C=C/C(=N\C(=NC)NCCC(F)(F)F)c1cccc(-c2ccon2)n1. The number of allylic oxidation sites excluding steroid dienone is 1. The first-order chi connectivity index (χ1) is 11.9. The van der Waals surface area contributed by atoms with Gasteiger partial charge in [-0.25, -0.2) is 9.98 Å². The van der Waals surface area contributed by atoms with Crippen molar-refractivity contribution in [3.63, 3.8) is 0 Å². The first-order valence-corrected chi connectivity index (χ1v) is 7.29. The van der Waals surface area contributed by atoms with Gasteiger partial charge in [-0.1, -0.05) is 17.8 Å². The average molecular weight is 351 g/mol. The molecule has 0 fully saturated rings. The molecule has 0 saturated heterocycles. The molecule has 2 aromatic heterocycles.